The molecule has 0 saturated carbocycles. The lowest BCUT2D eigenvalue weighted by Gasteiger charge is -2.16. The maximum atomic E-state index is 13.2. The minimum atomic E-state index is -0.740. The molecule has 1 rings (SSSR count). The van der Waals surface area contributed by atoms with Crippen LogP contribution in [0.15, 0.2) is 18.3 Å². The Kier molecular flexibility index (Phi) is 4.85. The average molecular weight is 226 g/mol. The molecule has 16 heavy (non-hydrogen) atoms. The molecule has 0 atom stereocenters. The quantitative estimate of drug-likeness (QED) is 0.562. The lowest BCUT2D eigenvalue weighted by Crippen LogP contribution is -2.31. The Morgan fingerprint density at radius 3 is 3.00 bits per heavy atom. The number of halogens is 1. The minimum absolute atomic E-state index is 0.0125. The van der Waals surface area contributed by atoms with Crippen LogP contribution in [0, 0.1) is 5.95 Å². The number of hydrogen-bond donors (Lipinski definition) is 0. The first-order valence-corrected chi connectivity index (χ1v) is 5.10. The predicted molar refractivity (Wildman–Crippen MR) is 57.6 cm³/mol. The van der Waals surface area contributed by atoms with Gasteiger partial charge in [-0.3, -0.25) is 4.79 Å². The van der Waals surface area contributed by atoms with Crippen molar-refractivity contribution in [2.24, 2.45) is 0 Å². The molecule has 0 saturated heterocycles. The highest BCUT2D eigenvalue weighted by molar-refractivity contribution is 5.93. The van der Waals surface area contributed by atoms with Gasteiger partial charge in [0.05, 0.1) is 12.2 Å². The van der Waals surface area contributed by atoms with Crippen LogP contribution in [0.2, 0.25) is 0 Å². The molecule has 0 N–H and O–H groups in total. The third-order valence-electron chi connectivity index (χ3n) is 2.11. The summed E-state index contributed by atoms with van der Waals surface area (Å²) in [5.41, 5.74) is -0.0125. The Morgan fingerprint density at radius 2 is 2.38 bits per heavy atom. The highest BCUT2D eigenvalue weighted by atomic mass is 19.1. The van der Waals surface area contributed by atoms with Crippen LogP contribution in [-0.2, 0) is 4.74 Å². The molecule has 1 aromatic heterocycles. The van der Waals surface area contributed by atoms with Crippen molar-refractivity contribution in [3.05, 3.63) is 29.8 Å². The van der Waals surface area contributed by atoms with E-state index >= 15 is 0 Å². The van der Waals surface area contributed by atoms with Crippen LogP contribution in [0.5, 0.6) is 0 Å². The number of ether oxygens (including phenoxy) is 1. The van der Waals surface area contributed by atoms with Crippen LogP contribution < -0.4 is 0 Å². The Bertz CT molecular complexity index is 358. The highest BCUT2D eigenvalue weighted by Crippen LogP contribution is 2.06. The predicted octanol–water partition coefficient (Wildman–Crippen LogP) is 1.33. The van der Waals surface area contributed by atoms with Gasteiger partial charge >= 0.3 is 0 Å². The van der Waals surface area contributed by atoms with Gasteiger partial charge in [0, 0.05) is 26.4 Å². The van der Waals surface area contributed by atoms with Crippen molar-refractivity contribution >= 4 is 5.91 Å². The summed E-state index contributed by atoms with van der Waals surface area (Å²) in [5.74, 6) is -1.12. The number of hydrogen-bond acceptors (Lipinski definition) is 3. The normalized spacial score (nSPS) is 10.2. The molecule has 0 unspecified atom stereocenters. The van der Waals surface area contributed by atoms with E-state index in [-0.39, 0.29) is 11.5 Å². The van der Waals surface area contributed by atoms with Gasteiger partial charge in [-0.15, -0.1) is 0 Å². The summed E-state index contributed by atoms with van der Waals surface area (Å²) < 4.78 is 18.3. The molecule has 0 aliphatic rings. The van der Waals surface area contributed by atoms with E-state index in [1.54, 1.807) is 7.05 Å². The second-order valence-electron chi connectivity index (χ2n) is 3.27. The summed E-state index contributed by atoms with van der Waals surface area (Å²) in [6.45, 7) is 3.35. The summed E-state index contributed by atoms with van der Waals surface area (Å²) in [4.78, 5) is 16.6. The van der Waals surface area contributed by atoms with E-state index in [2.05, 4.69) is 4.98 Å². The summed E-state index contributed by atoms with van der Waals surface area (Å²) >= 11 is 0. The molecule has 1 aromatic rings. The lowest BCUT2D eigenvalue weighted by atomic mass is 10.2. The number of rotatable bonds is 5. The SMILES string of the molecule is CCOCCN(C)C(=O)c1cccnc1F. The number of nitrogens with zero attached hydrogens (tertiary/aromatic N) is 2. The molecule has 0 spiro atoms. The van der Waals surface area contributed by atoms with Crippen molar-refractivity contribution in [2.75, 3.05) is 26.8 Å². The zero-order chi connectivity index (χ0) is 12.0. The van der Waals surface area contributed by atoms with Crippen molar-refractivity contribution < 1.29 is 13.9 Å². The molecule has 0 aliphatic carbocycles. The minimum Gasteiger partial charge on any atom is -0.380 e. The fraction of sp³-hybridized carbons (Fsp3) is 0.455. The maximum Gasteiger partial charge on any atom is 0.258 e. The van der Waals surface area contributed by atoms with E-state index in [4.69, 9.17) is 4.74 Å². The first-order chi connectivity index (χ1) is 7.66. The zero-order valence-corrected chi connectivity index (χ0v) is 9.44. The zero-order valence-electron chi connectivity index (χ0n) is 9.44. The first kappa shape index (κ1) is 12.6. The third-order valence-corrected chi connectivity index (χ3v) is 2.11. The van der Waals surface area contributed by atoms with Gasteiger partial charge in [0.15, 0.2) is 0 Å². The van der Waals surface area contributed by atoms with Gasteiger partial charge in [0.2, 0.25) is 5.95 Å². The van der Waals surface area contributed by atoms with E-state index in [1.807, 2.05) is 6.92 Å². The Morgan fingerprint density at radius 1 is 1.62 bits per heavy atom. The smallest absolute Gasteiger partial charge is 0.258 e. The van der Waals surface area contributed by atoms with Gasteiger partial charge < -0.3 is 9.64 Å². The molecule has 0 aliphatic heterocycles. The molecule has 88 valence electrons. The van der Waals surface area contributed by atoms with Gasteiger partial charge in [-0.2, -0.15) is 4.39 Å². The third kappa shape index (κ3) is 3.27. The van der Waals surface area contributed by atoms with Gasteiger partial charge in [-0.1, -0.05) is 0 Å². The van der Waals surface area contributed by atoms with E-state index in [0.717, 1.165) is 0 Å². The molecule has 0 bridgehead atoms. The number of pyridine rings is 1. The van der Waals surface area contributed by atoms with Crippen LogP contribution in [-0.4, -0.2) is 42.6 Å². The van der Waals surface area contributed by atoms with Crippen molar-refractivity contribution in [3.8, 4) is 0 Å². The van der Waals surface area contributed by atoms with E-state index in [9.17, 15) is 9.18 Å². The molecule has 4 nitrogen and oxygen atoms in total. The van der Waals surface area contributed by atoms with Gasteiger partial charge in [-0.05, 0) is 19.1 Å². The van der Waals surface area contributed by atoms with Crippen molar-refractivity contribution in [2.45, 2.75) is 6.92 Å². The molecule has 1 heterocycles. The average Bonchev–Trinajstić information content (AvgIpc) is 2.29. The summed E-state index contributed by atoms with van der Waals surface area (Å²) in [5, 5.41) is 0. The number of carbonyl (C=O) groups excluding carboxylic acids is 1. The molecular weight excluding hydrogens is 211 g/mol. The second-order valence-corrected chi connectivity index (χ2v) is 3.27. The van der Waals surface area contributed by atoms with E-state index in [1.165, 1.54) is 23.2 Å². The highest BCUT2D eigenvalue weighted by Gasteiger charge is 2.15. The number of carbonyl (C=O) groups is 1. The topological polar surface area (TPSA) is 42.4 Å². The van der Waals surface area contributed by atoms with E-state index < -0.39 is 5.95 Å². The second kappa shape index (κ2) is 6.17. The molecule has 5 heteroatoms. The van der Waals surface area contributed by atoms with Gasteiger partial charge in [-0.25, -0.2) is 4.98 Å². The van der Waals surface area contributed by atoms with Crippen LogP contribution in [0.3, 0.4) is 0 Å². The fourth-order valence-electron chi connectivity index (χ4n) is 1.20. The summed E-state index contributed by atoms with van der Waals surface area (Å²) in [6, 6.07) is 2.95. The maximum absolute atomic E-state index is 13.2. The van der Waals surface area contributed by atoms with Crippen LogP contribution in [0.4, 0.5) is 4.39 Å². The lowest BCUT2D eigenvalue weighted by molar-refractivity contribution is 0.0704. The number of likely N-dealkylation sites (N-methyl/N-ethyl adjacent to an activating group) is 1. The monoisotopic (exact) mass is 226 g/mol. The summed E-state index contributed by atoms with van der Waals surface area (Å²) in [7, 11) is 1.60. The molecule has 0 fully saturated rings. The van der Waals surface area contributed by atoms with Crippen molar-refractivity contribution in [3.63, 3.8) is 0 Å². The van der Waals surface area contributed by atoms with Crippen molar-refractivity contribution in [1.82, 2.24) is 9.88 Å². The van der Waals surface area contributed by atoms with Gasteiger partial charge in [0.1, 0.15) is 0 Å². The van der Waals surface area contributed by atoms with Crippen molar-refractivity contribution in [1.29, 1.82) is 0 Å². The Balaban J connectivity index is 2.60. The molecule has 1 amide bonds. The van der Waals surface area contributed by atoms with E-state index in [0.29, 0.717) is 19.8 Å². The number of amides is 1. The molecule has 0 aromatic carbocycles. The van der Waals surface area contributed by atoms with Crippen LogP contribution in [0.1, 0.15) is 17.3 Å². The van der Waals surface area contributed by atoms with Gasteiger partial charge in [0.25, 0.3) is 5.91 Å². The summed E-state index contributed by atoms with van der Waals surface area (Å²) in [6.07, 6.45) is 1.31. The number of aromatic nitrogens is 1. The largest absolute Gasteiger partial charge is 0.380 e. The fourth-order valence-corrected chi connectivity index (χ4v) is 1.20. The first-order valence-electron chi connectivity index (χ1n) is 5.10. The molecular formula is C11H15FN2O2. The Hall–Kier alpha value is -1.49. The molecule has 0 radical (unpaired) electrons. The Labute approximate surface area is 94.0 Å². The van der Waals surface area contributed by atoms with Crippen LogP contribution in [0.25, 0.3) is 0 Å². The standard InChI is InChI=1S/C11H15FN2O2/c1-3-16-8-7-14(2)11(15)9-5-4-6-13-10(9)12/h4-6H,3,7-8H2,1-2H3. The van der Waals surface area contributed by atoms with Crippen LogP contribution >= 0.6 is 0 Å².